The zero-order chi connectivity index (χ0) is 15.8. The fourth-order valence-corrected chi connectivity index (χ4v) is 2.37. The smallest absolute Gasteiger partial charge is 0.305 e. The summed E-state index contributed by atoms with van der Waals surface area (Å²) in [5.74, 6) is -0.742. The van der Waals surface area contributed by atoms with Crippen LogP contribution in [0, 0.1) is 0 Å². The maximum atomic E-state index is 12.1. The molecule has 116 valence electrons. The van der Waals surface area contributed by atoms with Crippen molar-refractivity contribution in [2.24, 2.45) is 0 Å². The van der Waals surface area contributed by atoms with E-state index in [-0.39, 0.29) is 24.2 Å². The van der Waals surface area contributed by atoms with E-state index in [0.29, 0.717) is 17.8 Å². The number of rotatable bonds is 7. The monoisotopic (exact) mass is 312 g/mol. The van der Waals surface area contributed by atoms with Crippen molar-refractivity contribution < 1.29 is 19.1 Å². The van der Waals surface area contributed by atoms with Gasteiger partial charge >= 0.3 is 5.97 Å². The number of hydrogen-bond donors (Lipinski definition) is 1. The number of esters is 1. The molecular weight excluding hydrogens is 292 g/mol. The molecule has 21 heavy (non-hydrogen) atoms. The molecule has 0 spiro atoms. The van der Waals surface area contributed by atoms with Crippen molar-refractivity contribution in [1.29, 1.82) is 0 Å². The first-order valence-electron chi connectivity index (χ1n) is 6.62. The van der Waals surface area contributed by atoms with Crippen LogP contribution in [0.25, 0.3) is 0 Å². The zero-order valence-electron chi connectivity index (χ0n) is 12.4. The molecule has 1 aromatic heterocycles. The second kappa shape index (κ2) is 8.41. The van der Waals surface area contributed by atoms with Crippen molar-refractivity contribution in [1.82, 2.24) is 10.2 Å². The van der Waals surface area contributed by atoms with Crippen LogP contribution in [0.2, 0.25) is 0 Å². The molecule has 0 aliphatic rings. The van der Waals surface area contributed by atoms with Crippen LogP contribution in [0.4, 0.5) is 0 Å². The van der Waals surface area contributed by atoms with Gasteiger partial charge in [0.15, 0.2) is 0 Å². The normalized spacial score (nSPS) is 11.6. The lowest BCUT2D eigenvalue weighted by Gasteiger charge is -2.21. The number of carbonyl (C=O) groups excluding carboxylic acids is 3. The molecule has 6 nitrogen and oxygen atoms in total. The third-order valence-electron chi connectivity index (χ3n) is 2.94. The fraction of sp³-hybridized carbons (Fsp3) is 0.500. The number of hydrogen-bond acceptors (Lipinski definition) is 5. The lowest BCUT2D eigenvalue weighted by molar-refractivity contribution is -0.141. The summed E-state index contributed by atoms with van der Waals surface area (Å²) in [6, 6.07) is 2.88. The molecule has 0 aromatic carbocycles. The van der Waals surface area contributed by atoms with E-state index in [1.54, 1.807) is 31.5 Å². The zero-order valence-corrected chi connectivity index (χ0v) is 13.2. The molecule has 0 radical (unpaired) electrons. The highest BCUT2D eigenvalue weighted by Gasteiger charge is 2.20. The predicted molar refractivity (Wildman–Crippen MR) is 80.1 cm³/mol. The lowest BCUT2D eigenvalue weighted by Crippen LogP contribution is -2.45. The molecule has 0 saturated carbocycles. The number of likely N-dealkylation sites (N-methyl/N-ethyl adjacent to an activating group) is 1. The Morgan fingerprint density at radius 2 is 2.14 bits per heavy atom. The number of amides is 2. The van der Waals surface area contributed by atoms with E-state index in [1.165, 1.54) is 23.3 Å². The van der Waals surface area contributed by atoms with Crippen molar-refractivity contribution in [3.8, 4) is 0 Å². The summed E-state index contributed by atoms with van der Waals surface area (Å²) in [6.07, 6.45) is 0.796. The summed E-state index contributed by atoms with van der Waals surface area (Å²) in [5, 5.41) is 4.47. The van der Waals surface area contributed by atoms with Gasteiger partial charge in [0.25, 0.3) is 5.91 Å². The summed E-state index contributed by atoms with van der Waals surface area (Å²) in [7, 11) is 2.98. The van der Waals surface area contributed by atoms with Crippen LogP contribution in [0.1, 0.15) is 29.4 Å². The molecule has 7 heteroatoms. The molecule has 1 unspecified atom stereocenters. The van der Waals surface area contributed by atoms with Gasteiger partial charge < -0.3 is 15.0 Å². The molecule has 0 aliphatic heterocycles. The summed E-state index contributed by atoms with van der Waals surface area (Å²) < 4.78 is 4.54. The average Bonchev–Trinajstić information content (AvgIpc) is 3.00. The molecule has 0 aliphatic carbocycles. The Morgan fingerprint density at radius 1 is 1.43 bits per heavy atom. The second-order valence-corrected chi connectivity index (χ2v) is 5.56. The highest BCUT2D eigenvalue weighted by Crippen LogP contribution is 2.08. The van der Waals surface area contributed by atoms with Gasteiger partial charge in [0, 0.05) is 20.0 Å². The highest BCUT2D eigenvalue weighted by atomic mass is 32.1. The van der Waals surface area contributed by atoms with E-state index < -0.39 is 6.04 Å². The SMILES string of the molecule is COC(=O)CCCN(C)C(=O)C(C)NC(=O)c1cccs1. The third kappa shape index (κ3) is 5.55. The van der Waals surface area contributed by atoms with Gasteiger partial charge in [0.1, 0.15) is 6.04 Å². The van der Waals surface area contributed by atoms with Crippen molar-refractivity contribution in [2.45, 2.75) is 25.8 Å². The van der Waals surface area contributed by atoms with Crippen LogP contribution in [-0.2, 0) is 14.3 Å². The van der Waals surface area contributed by atoms with E-state index in [0.717, 1.165) is 0 Å². The Hall–Kier alpha value is -1.89. The van der Waals surface area contributed by atoms with Gasteiger partial charge in [-0.15, -0.1) is 11.3 Å². The molecule has 1 heterocycles. The molecule has 1 rings (SSSR count). The maximum Gasteiger partial charge on any atom is 0.305 e. The molecule has 1 atom stereocenters. The van der Waals surface area contributed by atoms with Crippen molar-refractivity contribution in [2.75, 3.05) is 20.7 Å². The van der Waals surface area contributed by atoms with Gasteiger partial charge in [-0.2, -0.15) is 0 Å². The number of methoxy groups -OCH3 is 1. The first kappa shape index (κ1) is 17.2. The molecule has 2 amide bonds. The van der Waals surface area contributed by atoms with E-state index in [4.69, 9.17) is 0 Å². The first-order chi connectivity index (χ1) is 9.95. The number of carbonyl (C=O) groups is 3. The standard InChI is InChI=1S/C14H20N2O4S/c1-10(15-13(18)11-6-5-9-21-11)14(19)16(2)8-4-7-12(17)20-3/h5-6,9-10H,4,7-8H2,1-3H3,(H,15,18). The molecule has 1 aromatic rings. The summed E-state index contributed by atoms with van der Waals surface area (Å²) >= 11 is 1.32. The van der Waals surface area contributed by atoms with Crippen LogP contribution < -0.4 is 5.32 Å². The molecule has 0 fully saturated rings. The Balaban J connectivity index is 2.39. The van der Waals surface area contributed by atoms with Crippen LogP contribution in [0.5, 0.6) is 0 Å². The van der Waals surface area contributed by atoms with Gasteiger partial charge in [0.2, 0.25) is 5.91 Å². The topological polar surface area (TPSA) is 75.7 Å². The maximum absolute atomic E-state index is 12.1. The van der Waals surface area contributed by atoms with Crippen molar-refractivity contribution in [3.05, 3.63) is 22.4 Å². The Bertz CT molecular complexity index is 487. The van der Waals surface area contributed by atoms with E-state index in [9.17, 15) is 14.4 Å². The Kier molecular flexibility index (Phi) is 6.87. The van der Waals surface area contributed by atoms with Gasteiger partial charge in [-0.1, -0.05) is 6.07 Å². The van der Waals surface area contributed by atoms with Crippen molar-refractivity contribution in [3.63, 3.8) is 0 Å². The minimum atomic E-state index is -0.609. The van der Waals surface area contributed by atoms with Gasteiger partial charge in [-0.05, 0) is 24.8 Å². The lowest BCUT2D eigenvalue weighted by atomic mass is 10.2. The molecule has 0 bridgehead atoms. The average molecular weight is 312 g/mol. The number of ether oxygens (including phenoxy) is 1. The van der Waals surface area contributed by atoms with E-state index in [2.05, 4.69) is 10.1 Å². The van der Waals surface area contributed by atoms with Gasteiger partial charge in [0.05, 0.1) is 12.0 Å². The van der Waals surface area contributed by atoms with Crippen LogP contribution >= 0.6 is 11.3 Å². The highest BCUT2D eigenvalue weighted by molar-refractivity contribution is 7.12. The Labute approximate surface area is 128 Å². The van der Waals surface area contributed by atoms with E-state index in [1.807, 2.05) is 0 Å². The van der Waals surface area contributed by atoms with Gasteiger partial charge in [-0.3, -0.25) is 14.4 Å². The van der Waals surface area contributed by atoms with Crippen molar-refractivity contribution >= 4 is 29.1 Å². The van der Waals surface area contributed by atoms with E-state index >= 15 is 0 Å². The summed E-state index contributed by atoms with van der Waals surface area (Å²) in [5.41, 5.74) is 0. The molecule has 0 saturated heterocycles. The van der Waals surface area contributed by atoms with Crippen LogP contribution in [0.3, 0.4) is 0 Å². The predicted octanol–water partition coefficient (Wildman–Crippen LogP) is 1.28. The fourth-order valence-electron chi connectivity index (χ4n) is 1.74. The third-order valence-corrected chi connectivity index (χ3v) is 3.81. The molecular formula is C14H20N2O4S. The second-order valence-electron chi connectivity index (χ2n) is 4.61. The number of nitrogens with one attached hydrogen (secondary N) is 1. The summed E-state index contributed by atoms with van der Waals surface area (Å²) in [4.78, 5) is 37.0. The largest absolute Gasteiger partial charge is 0.469 e. The number of nitrogens with zero attached hydrogens (tertiary/aromatic N) is 1. The van der Waals surface area contributed by atoms with Crippen LogP contribution in [-0.4, -0.2) is 49.4 Å². The molecule has 1 N–H and O–H groups in total. The Morgan fingerprint density at radius 3 is 2.71 bits per heavy atom. The number of thiophene rings is 1. The minimum absolute atomic E-state index is 0.190. The van der Waals surface area contributed by atoms with Crippen LogP contribution in [0.15, 0.2) is 17.5 Å². The van der Waals surface area contributed by atoms with Gasteiger partial charge in [-0.25, -0.2) is 0 Å². The first-order valence-corrected chi connectivity index (χ1v) is 7.49. The summed E-state index contributed by atoms with van der Waals surface area (Å²) in [6.45, 7) is 2.08. The quantitative estimate of drug-likeness (QED) is 0.770. The minimum Gasteiger partial charge on any atom is -0.469 e.